The third-order valence-electron chi connectivity index (χ3n) is 3.40. The summed E-state index contributed by atoms with van der Waals surface area (Å²) < 4.78 is 4.86. The van der Waals surface area contributed by atoms with E-state index < -0.39 is 5.97 Å². The topological polar surface area (TPSA) is 136 Å². The molecule has 9 nitrogen and oxygen atoms in total. The molecular formula is C18H21N5O4S. The Balaban J connectivity index is 1.87. The number of rotatable bonds is 8. The van der Waals surface area contributed by atoms with Gasteiger partial charge in [-0.05, 0) is 31.2 Å². The number of carbonyl (C=O) groups excluding carboxylic acids is 3. The summed E-state index contributed by atoms with van der Waals surface area (Å²) in [6, 6.07) is 6.79. The highest BCUT2D eigenvalue weighted by Crippen LogP contribution is 2.18. The first-order valence-electron chi connectivity index (χ1n) is 8.55. The number of benzene rings is 1. The number of nitrogens with two attached hydrogens (primary N) is 1. The van der Waals surface area contributed by atoms with Gasteiger partial charge >= 0.3 is 5.97 Å². The first-order chi connectivity index (χ1) is 13.4. The molecule has 2 rings (SSSR count). The van der Waals surface area contributed by atoms with Gasteiger partial charge in [0.25, 0.3) is 0 Å². The second-order valence-electron chi connectivity index (χ2n) is 5.49. The molecule has 2 aromatic rings. The molecule has 0 unspecified atom stereocenters. The minimum absolute atomic E-state index is 0.000994. The molecule has 0 bridgehead atoms. The Kier molecular flexibility index (Phi) is 7.76. The van der Waals surface area contributed by atoms with Crippen molar-refractivity contribution in [3.05, 3.63) is 36.0 Å². The molecule has 0 spiro atoms. The van der Waals surface area contributed by atoms with E-state index in [1.807, 2.05) is 0 Å². The molecule has 0 aliphatic rings. The van der Waals surface area contributed by atoms with Crippen LogP contribution in [0.4, 0.5) is 17.2 Å². The smallest absolute Gasteiger partial charge is 0.343 e. The van der Waals surface area contributed by atoms with Crippen LogP contribution in [0.1, 0.15) is 30.6 Å². The van der Waals surface area contributed by atoms with Crippen LogP contribution in [-0.2, 0) is 14.3 Å². The average molecular weight is 403 g/mol. The van der Waals surface area contributed by atoms with Crippen molar-refractivity contribution in [2.75, 3.05) is 28.7 Å². The van der Waals surface area contributed by atoms with Crippen LogP contribution in [0.2, 0.25) is 0 Å². The summed E-state index contributed by atoms with van der Waals surface area (Å²) in [5.41, 5.74) is 7.09. The summed E-state index contributed by atoms with van der Waals surface area (Å²) in [5, 5.41) is 5.74. The van der Waals surface area contributed by atoms with Crippen LogP contribution < -0.4 is 16.4 Å². The SMILES string of the molecule is CCOC(=O)c1cnc(SCC(=O)Nc2ccc(NC(=O)CC)cc2)nc1N. The summed E-state index contributed by atoms with van der Waals surface area (Å²) in [4.78, 5) is 43.1. The van der Waals surface area contributed by atoms with E-state index in [4.69, 9.17) is 10.5 Å². The van der Waals surface area contributed by atoms with Gasteiger partial charge in [-0.1, -0.05) is 18.7 Å². The lowest BCUT2D eigenvalue weighted by atomic mass is 10.2. The highest BCUT2D eigenvalue weighted by Gasteiger charge is 2.14. The maximum Gasteiger partial charge on any atom is 0.343 e. The maximum atomic E-state index is 12.1. The summed E-state index contributed by atoms with van der Waals surface area (Å²) in [5.74, 6) is -0.866. The second kappa shape index (κ2) is 10.3. The number of nitrogens with one attached hydrogen (secondary N) is 2. The van der Waals surface area contributed by atoms with Crippen molar-refractivity contribution in [3.63, 3.8) is 0 Å². The van der Waals surface area contributed by atoms with Crippen molar-refractivity contribution in [2.24, 2.45) is 0 Å². The number of amides is 2. The molecule has 1 aromatic carbocycles. The van der Waals surface area contributed by atoms with Crippen molar-refractivity contribution in [2.45, 2.75) is 25.4 Å². The molecule has 1 heterocycles. The van der Waals surface area contributed by atoms with Gasteiger partial charge in [-0.3, -0.25) is 9.59 Å². The third-order valence-corrected chi connectivity index (χ3v) is 4.26. The number of esters is 1. The zero-order chi connectivity index (χ0) is 20.5. The number of hydrogen-bond donors (Lipinski definition) is 3. The molecule has 0 aliphatic heterocycles. The van der Waals surface area contributed by atoms with Crippen molar-refractivity contribution in [3.8, 4) is 0 Å². The monoisotopic (exact) mass is 403 g/mol. The van der Waals surface area contributed by atoms with Gasteiger partial charge in [0, 0.05) is 24.0 Å². The fourth-order valence-corrected chi connectivity index (χ4v) is 2.65. The Hall–Kier alpha value is -3.14. The first-order valence-corrected chi connectivity index (χ1v) is 9.53. The van der Waals surface area contributed by atoms with Crippen LogP contribution in [0, 0.1) is 0 Å². The molecular weight excluding hydrogens is 382 g/mol. The average Bonchev–Trinajstić information content (AvgIpc) is 2.68. The van der Waals surface area contributed by atoms with Crippen molar-refractivity contribution in [1.82, 2.24) is 9.97 Å². The Morgan fingerprint density at radius 1 is 1.07 bits per heavy atom. The largest absolute Gasteiger partial charge is 0.462 e. The lowest BCUT2D eigenvalue weighted by Gasteiger charge is -2.08. The Bertz CT molecular complexity index is 858. The number of thioether (sulfide) groups is 1. The predicted molar refractivity (Wildman–Crippen MR) is 107 cm³/mol. The van der Waals surface area contributed by atoms with E-state index >= 15 is 0 Å². The molecule has 148 valence electrons. The highest BCUT2D eigenvalue weighted by atomic mass is 32.2. The number of anilines is 3. The highest BCUT2D eigenvalue weighted by molar-refractivity contribution is 7.99. The van der Waals surface area contributed by atoms with E-state index in [-0.39, 0.29) is 40.7 Å². The van der Waals surface area contributed by atoms with E-state index in [1.54, 1.807) is 38.1 Å². The number of aromatic nitrogens is 2. The maximum absolute atomic E-state index is 12.1. The number of hydrogen-bond acceptors (Lipinski definition) is 8. The van der Waals surface area contributed by atoms with Crippen LogP contribution in [0.25, 0.3) is 0 Å². The quantitative estimate of drug-likeness (QED) is 0.347. The normalized spacial score (nSPS) is 10.2. The zero-order valence-electron chi connectivity index (χ0n) is 15.5. The summed E-state index contributed by atoms with van der Waals surface area (Å²) in [6.07, 6.45) is 1.67. The van der Waals surface area contributed by atoms with Crippen LogP contribution in [0.5, 0.6) is 0 Å². The van der Waals surface area contributed by atoms with Crippen LogP contribution in [0.15, 0.2) is 35.6 Å². The molecule has 4 N–H and O–H groups in total. The molecule has 0 saturated heterocycles. The molecule has 0 atom stereocenters. The van der Waals surface area contributed by atoms with Gasteiger partial charge in [0.1, 0.15) is 11.4 Å². The van der Waals surface area contributed by atoms with Gasteiger partial charge in [-0.2, -0.15) is 0 Å². The lowest BCUT2D eigenvalue weighted by Crippen LogP contribution is -2.15. The minimum atomic E-state index is -0.590. The molecule has 0 saturated carbocycles. The number of carbonyl (C=O) groups is 3. The van der Waals surface area contributed by atoms with Crippen LogP contribution in [0.3, 0.4) is 0 Å². The summed E-state index contributed by atoms with van der Waals surface area (Å²) in [6.45, 7) is 3.68. The van der Waals surface area contributed by atoms with Gasteiger partial charge in [0.05, 0.1) is 12.4 Å². The fourth-order valence-electron chi connectivity index (χ4n) is 2.03. The molecule has 0 aliphatic carbocycles. The van der Waals surface area contributed by atoms with Crippen molar-refractivity contribution < 1.29 is 19.1 Å². The molecule has 0 fully saturated rings. The summed E-state index contributed by atoms with van der Waals surface area (Å²) in [7, 11) is 0. The number of nitrogens with zero attached hydrogens (tertiary/aromatic N) is 2. The fraction of sp³-hybridized carbons (Fsp3) is 0.278. The Morgan fingerprint density at radius 2 is 1.68 bits per heavy atom. The van der Waals surface area contributed by atoms with Crippen molar-refractivity contribution >= 4 is 46.7 Å². The molecule has 28 heavy (non-hydrogen) atoms. The summed E-state index contributed by atoms with van der Waals surface area (Å²) >= 11 is 1.09. The molecule has 2 amide bonds. The van der Waals surface area contributed by atoms with E-state index in [2.05, 4.69) is 20.6 Å². The Morgan fingerprint density at radius 3 is 2.21 bits per heavy atom. The van der Waals surface area contributed by atoms with E-state index in [0.717, 1.165) is 11.8 Å². The van der Waals surface area contributed by atoms with Gasteiger partial charge in [-0.25, -0.2) is 14.8 Å². The van der Waals surface area contributed by atoms with Crippen LogP contribution >= 0.6 is 11.8 Å². The second-order valence-corrected chi connectivity index (χ2v) is 6.43. The van der Waals surface area contributed by atoms with Gasteiger partial charge in [0.15, 0.2) is 5.16 Å². The minimum Gasteiger partial charge on any atom is -0.462 e. The Labute approximate surface area is 166 Å². The number of ether oxygens (including phenoxy) is 1. The van der Waals surface area contributed by atoms with E-state index in [9.17, 15) is 14.4 Å². The van der Waals surface area contributed by atoms with E-state index in [1.165, 1.54) is 6.20 Å². The molecule has 10 heteroatoms. The van der Waals surface area contributed by atoms with E-state index in [0.29, 0.717) is 17.8 Å². The lowest BCUT2D eigenvalue weighted by molar-refractivity contribution is -0.116. The predicted octanol–water partition coefficient (Wildman–Crippen LogP) is 2.31. The number of nitrogen functional groups attached to an aromatic ring is 1. The van der Waals surface area contributed by atoms with Gasteiger partial charge in [-0.15, -0.1) is 0 Å². The van der Waals surface area contributed by atoms with Gasteiger partial charge < -0.3 is 21.1 Å². The van der Waals surface area contributed by atoms with Crippen molar-refractivity contribution in [1.29, 1.82) is 0 Å². The first kappa shape index (κ1) is 21.2. The van der Waals surface area contributed by atoms with Crippen LogP contribution in [-0.4, -0.2) is 40.1 Å². The molecule has 1 aromatic heterocycles. The van der Waals surface area contributed by atoms with Gasteiger partial charge in [0.2, 0.25) is 11.8 Å². The standard InChI is InChI=1S/C18H21N5O4S/c1-3-14(24)21-11-5-7-12(8-6-11)22-15(25)10-28-18-20-9-13(16(19)23-18)17(26)27-4-2/h5-9H,3-4,10H2,1-2H3,(H,21,24)(H,22,25)(H2,19,20,23). The molecule has 0 radical (unpaired) electrons. The zero-order valence-corrected chi connectivity index (χ0v) is 16.3. The third kappa shape index (κ3) is 6.23.